The molecule has 3 N–H and O–H groups in total. The Hall–Kier alpha value is -4.08. The van der Waals surface area contributed by atoms with Crippen molar-refractivity contribution in [3.05, 3.63) is 54.1 Å². The molecular weight excluding hydrogens is 457 g/mol. The number of halogens is 1. The molecular formula is C25H26FN3O6. The van der Waals surface area contributed by atoms with Crippen LogP contribution in [0.3, 0.4) is 0 Å². The molecule has 0 aromatic heterocycles. The van der Waals surface area contributed by atoms with Crippen molar-refractivity contribution in [3.8, 4) is 11.1 Å². The number of benzene rings is 2. The quantitative estimate of drug-likeness (QED) is 0.476. The lowest BCUT2D eigenvalue weighted by molar-refractivity contribution is -0.148. The Bertz CT molecular complexity index is 1180. The van der Waals surface area contributed by atoms with E-state index in [1.165, 1.54) is 0 Å². The molecule has 2 amide bonds. The van der Waals surface area contributed by atoms with Crippen molar-refractivity contribution >= 4 is 35.0 Å². The molecule has 3 rings (SSSR count). The number of Topliss-reactive ketones (excluding diaryl/α,β-unsaturated/α-hetero) is 1. The molecule has 184 valence electrons. The number of para-hydroxylation sites is 1. The van der Waals surface area contributed by atoms with Crippen molar-refractivity contribution in [3.63, 3.8) is 0 Å². The fraction of sp³-hybridized carbons (Fsp3) is 0.320. The Kier molecular flexibility index (Phi) is 7.95. The Morgan fingerprint density at radius 3 is 2.40 bits per heavy atom. The second-order valence-electron chi connectivity index (χ2n) is 8.19. The summed E-state index contributed by atoms with van der Waals surface area (Å²) in [6.07, 6.45) is -0.919. The number of carboxylic acid groups (broad SMARTS) is 1. The van der Waals surface area contributed by atoms with Crippen LogP contribution in [0.15, 0.2) is 53.7 Å². The van der Waals surface area contributed by atoms with Gasteiger partial charge in [0.05, 0.1) is 12.8 Å². The van der Waals surface area contributed by atoms with Crippen LogP contribution in [0, 0.1) is 6.92 Å². The molecule has 1 aliphatic heterocycles. The molecule has 0 radical (unpaired) electrons. The maximum Gasteiger partial charge on any atom is 0.305 e. The number of ketones is 1. The molecule has 9 nitrogen and oxygen atoms in total. The van der Waals surface area contributed by atoms with Gasteiger partial charge in [-0.05, 0) is 30.5 Å². The summed E-state index contributed by atoms with van der Waals surface area (Å²) in [5.41, 5.74) is 1.64. The number of oxime groups is 1. The largest absolute Gasteiger partial charge is 0.481 e. The highest BCUT2D eigenvalue weighted by Crippen LogP contribution is 2.32. The highest BCUT2D eigenvalue weighted by Gasteiger charge is 2.47. The lowest BCUT2D eigenvalue weighted by Gasteiger charge is -2.26. The third kappa shape index (κ3) is 5.71. The minimum Gasteiger partial charge on any atom is -0.481 e. The van der Waals surface area contributed by atoms with E-state index >= 15 is 0 Å². The van der Waals surface area contributed by atoms with Crippen molar-refractivity contribution < 1.29 is 33.5 Å². The van der Waals surface area contributed by atoms with Gasteiger partial charge in [-0.25, -0.2) is 4.39 Å². The summed E-state index contributed by atoms with van der Waals surface area (Å²) in [4.78, 5) is 54.0. The van der Waals surface area contributed by atoms with E-state index in [1.54, 1.807) is 19.1 Å². The smallest absolute Gasteiger partial charge is 0.305 e. The molecule has 0 saturated carbocycles. The minimum atomic E-state index is -1.63. The molecule has 2 unspecified atom stereocenters. The van der Waals surface area contributed by atoms with Crippen LogP contribution in [0.1, 0.15) is 31.7 Å². The normalized spacial score (nSPS) is 17.6. The average Bonchev–Trinajstić information content (AvgIpc) is 3.30. The average molecular weight is 483 g/mol. The van der Waals surface area contributed by atoms with Crippen LogP contribution in [0.2, 0.25) is 0 Å². The van der Waals surface area contributed by atoms with E-state index in [-0.39, 0.29) is 18.6 Å². The zero-order chi connectivity index (χ0) is 25.6. The number of carbonyl (C=O) groups is 4. The number of amides is 2. The van der Waals surface area contributed by atoms with Gasteiger partial charge in [0.1, 0.15) is 18.4 Å². The van der Waals surface area contributed by atoms with Gasteiger partial charge in [0.2, 0.25) is 5.60 Å². The fourth-order valence-electron chi connectivity index (χ4n) is 3.77. The summed E-state index contributed by atoms with van der Waals surface area (Å²) in [6.45, 7) is 2.15. The summed E-state index contributed by atoms with van der Waals surface area (Å²) in [5.74, 6) is -3.87. The number of aliphatic carboxylic acids is 1. The predicted molar refractivity (Wildman–Crippen MR) is 127 cm³/mol. The number of carbonyl (C=O) groups excluding carboxylic acids is 3. The number of nitrogens with zero attached hydrogens (tertiary/aromatic N) is 1. The second kappa shape index (κ2) is 10.9. The number of carboxylic acids is 1. The maximum atomic E-state index is 13.0. The van der Waals surface area contributed by atoms with Gasteiger partial charge in [0.25, 0.3) is 11.8 Å². The first-order valence-corrected chi connectivity index (χ1v) is 11.0. The Balaban J connectivity index is 1.75. The molecule has 2 atom stereocenters. The molecule has 10 heteroatoms. The van der Waals surface area contributed by atoms with Crippen molar-refractivity contribution in [2.75, 3.05) is 12.0 Å². The predicted octanol–water partition coefficient (Wildman–Crippen LogP) is 3.02. The second-order valence-corrected chi connectivity index (χ2v) is 8.19. The zero-order valence-corrected chi connectivity index (χ0v) is 19.3. The summed E-state index contributed by atoms with van der Waals surface area (Å²) < 4.78 is 12.8. The van der Waals surface area contributed by atoms with Gasteiger partial charge in [-0.3, -0.25) is 19.2 Å². The molecule has 0 saturated heterocycles. The summed E-state index contributed by atoms with van der Waals surface area (Å²) in [5, 5.41) is 17.8. The van der Waals surface area contributed by atoms with Crippen LogP contribution in [0.4, 0.5) is 10.1 Å². The van der Waals surface area contributed by atoms with E-state index in [1.807, 2.05) is 43.3 Å². The molecule has 0 spiro atoms. The molecule has 1 aliphatic rings. The van der Waals surface area contributed by atoms with E-state index in [9.17, 15) is 23.6 Å². The van der Waals surface area contributed by atoms with Crippen molar-refractivity contribution in [1.82, 2.24) is 5.32 Å². The van der Waals surface area contributed by atoms with E-state index in [4.69, 9.17) is 9.94 Å². The number of anilines is 1. The number of aryl methyl sites for hydroxylation is 1. The Morgan fingerprint density at radius 1 is 1.11 bits per heavy atom. The van der Waals surface area contributed by atoms with E-state index in [0.717, 1.165) is 16.7 Å². The SMILES string of the molecule is CCC1(C(=O)NC(CC(=O)O)C(=O)CF)CC(C(=O)Nc2ccccc2-c2ccccc2C)=NO1. The first-order valence-electron chi connectivity index (χ1n) is 11.0. The van der Waals surface area contributed by atoms with Crippen LogP contribution >= 0.6 is 0 Å². The van der Waals surface area contributed by atoms with Gasteiger partial charge in [-0.15, -0.1) is 0 Å². The number of hydrogen-bond donors (Lipinski definition) is 3. The van der Waals surface area contributed by atoms with Crippen LogP contribution in [0.5, 0.6) is 0 Å². The number of alkyl halides is 1. The Morgan fingerprint density at radius 2 is 1.77 bits per heavy atom. The van der Waals surface area contributed by atoms with Crippen LogP contribution in [0.25, 0.3) is 11.1 Å². The number of nitrogens with one attached hydrogen (secondary N) is 2. The van der Waals surface area contributed by atoms with Gasteiger partial charge < -0.3 is 20.6 Å². The third-order valence-electron chi connectivity index (χ3n) is 5.85. The Labute approximate surface area is 201 Å². The summed E-state index contributed by atoms with van der Waals surface area (Å²) >= 11 is 0. The van der Waals surface area contributed by atoms with Crippen molar-refractivity contribution in [1.29, 1.82) is 0 Å². The van der Waals surface area contributed by atoms with Gasteiger partial charge in [0.15, 0.2) is 5.78 Å². The van der Waals surface area contributed by atoms with E-state index in [0.29, 0.717) is 5.69 Å². The molecule has 0 aliphatic carbocycles. The topological polar surface area (TPSA) is 134 Å². The highest BCUT2D eigenvalue weighted by atomic mass is 19.1. The third-order valence-corrected chi connectivity index (χ3v) is 5.85. The maximum absolute atomic E-state index is 13.0. The highest BCUT2D eigenvalue weighted by molar-refractivity contribution is 6.44. The standard InChI is InChI=1S/C25H26FN3O6/c1-3-25(24(34)28-19(12-22(31)32)21(30)14-26)13-20(29-35-25)23(33)27-18-11-7-6-10-17(18)16-9-5-4-8-15(16)2/h4-11,19H,3,12-14H2,1-2H3,(H,27,33)(H,28,34)(H,31,32). The molecule has 35 heavy (non-hydrogen) atoms. The fourth-order valence-corrected chi connectivity index (χ4v) is 3.77. The van der Waals surface area contributed by atoms with Crippen LogP contribution < -0.4 is 10.6 Å². The summed E-state index contributed by atoms with van der Waals surface area (Å²) in [6, 6.07) is 13.4. The minimum absolute atomic E-state index is 0.0480. The lowest BCUT2D eigenvalue weighted by atomic mass is 9.92. The van der Waals surface area contributed by atoms with E-state index < -0.39 is 48.3 Å². The van der Waals surface area contributed by atoms with Gasteiger partial charge in [-0.1, -0.05) is 54.5 Å². The van der Waals surface area contributed by atoms with Crippen molar-refractivity contribution in [2.45, 2.75) is 44.8 Å². The zero-order valence-electron chi connectivity index (χ0n) is 19.3. The monoisotopic (exact) mass is 483 g/mol. The van der Waals surface area contributed by atoms with Crippen LogP contribution in [-0.2, 0) is 24.0 Å². The first kappa shape index (κ1) is 25.5. The number of rotatable bonds is 10. The lowest BCUT2D eigenvalue weighted by Crippen LogP contribution is -2.53. The van der Waals surface area contributed by atoms with Gasteiger partial charge in [0, 0.05) is 11.3 Å². The van der Waals surface area contributed by atoms with E-state index in [2.05, 4.69) is 15.8 Å². The molecule has 1 heterocycles. The summed E-state index contributed by atoms with van der Waals surface area (Å²) in [7, 11) is 0. The molecule has 2 aromatic carbocycles. The molecule has 0 bridgehead atoms. The van der Waals surface area contributed by atoms with Gasteiger partial charge >= 0.3 is 5.97 Å². The van der Waals surface area contributed by atoms with Crippen molar-refractivity contribution in [2.24, 2.45) is 5.16 Å². The van der Waals surface area contributed by atoms with Crippen LogP contribution in [-0.4, -0.2) is 52.7 Å². The van der Waals surface area contributed by atoms with Gasteiger partial charge in [-0.2, -0.15) is 0 Å². The first-order chi connectivity index (χ1) is 16.7. The molecule has 2 aromatic rings. The molecule has 0 fully saturated rings. The number of hydrogen-bond acceptors (Lipinski definition) is 6.